The van der Waals surface area contributed by atoms with Crippen LogP contribution >= 0.6 is 24.0 Å². The van der Waals surface area contributed by atoms with Crippen LogP contribution in [-0.4, -0.2) is 86.4 Å². The lowest BCUT2D eigenvalue weighted by Crippen LogP contribution is -2.69. The second-order valence-electron chi connectivity index (χ2n) is 9.05. The van der Waals surface area contributed by atoms with Crippen molar-refractivity contribution in [3.05, 3.63) is 0 Å². The Bertz CT molecular complexity index is 586. The molecule has 2 heterocycles. The molecule has 3 aliphatic rings. The minimum absolute atomic E-state index is 0. The number of likely N-dealkylation sites (tertiary alicyclic amines) is 1. The first-order chi connectivity index (χ1) is 13.3. The number of piperidine rings is 1. The number of hydrogen-bond donors (Lipinski definition) is 1. The van der Waals surface area contributed by atoms with Crippen LogP contribution in [0.3, 0.4) is 0 Å². The lowest BCUT2D eigenvalue weighted by Gasteiger charge is -2.59. The largest absolute Gasteiger partial charge is 0.378 e. The van der Waals surface area contributed by atoms with Crippen LogP contribution in [0.4, 0.5) is 0 Å². The Labute approximate surface area is 193 Å². The normalized spacial score (nSPS) is 30.4. The van der Waals surface area contributed by atoms with Gasteiger partial charge >= 0.3 is 0 Å². The van der Waals surface area contributed by atoms with Crippen LogP contribution in [0.1, 0.15) is 47.0 Å². The molecule has 2 unspecified atom stereocenters. The zero-order valence-corrected chi connectivity index (χ0v) is 21.0. The molecule has 0 aromatic rings. The molecule has 0 aromatic carbocycles. The van der Waals surface area contributed by atoms with E-state index < -0.39 is 0 Å². The number of carbonyl (C=O) groups is 1. The third-order valence-electron chi connectivity index (χ3n) is 7.36. The second-order valence-corrected chi connectivity index (χ2v) is 9.05. The molecule has 0 spiro atoms. The smallest absolute Gasteiger partial charge is 0.225 e. The molecule has 29 heavy (non-hydrogen) atoms. The topological polar surface area (TPSA) is 66.4 Å². The molecule has 3 rings (SSSR count). The Morgan fingerprint density at radius 3 is 2.28 bits per heavy atom. The molecular weight excluding hydrogens is 483 g/mol. The molecule has 2 aliphatic heterocycles. The minimum atomic E-state index is -0.0977. The molecule has 0 bridgehead atoms. The molecule has 8 heteroatoms. The molecule has 0 aromatic heterocycles. The summed E-state index contributed by atoms with van der Waals surface area (Å²) in [5.41, 5.74) is -0.0551. The van der Waals surface area contributed by atoms with Crippen LogP contribution in [0.15, 0.2) is 4.99 Å². The van der Waals surface area contributed by atoms with Gasteiger partial charge in [0, 0.05) is 57.2 Å². The summed E-state index contributed by atoms with van der Waals surface area (Å²) in [5.74, 6) is 1.42. The maximum Gasteiger partial charge on any atom is 0.225 e. The Morgan fingerprint density at radius 1 is 1.14 bits per heavy atom. The third kappa shape index (κ3) is 5.01. The highest BCUT2D eigenvalue weighted by molar-refractivity contribution is 14.0. The number of aliphatic imine (C=N–C) groups is 1. The monoisotopic (exact) mass is 522 g/mol. The zero-order valence-electron chi connectivity index (χ0n) is 18.7. The summed E-state index contributed by atoms with van der Waals surface area (Å²) < 4.78 is 11.1. The highest BCUT2D eigenvalue weighted by Crippen LogP contribution is 2.51. The third-order valence-corrected chi connectivity index (χ3v) is 7.36. The van der Waals surface area contributed by atoms with Gasteiger partial charge in [0.2, 0.25) is 5.91 Å². The van der Waals surface area contributed by atoms with Crippen LogP contribution in [0.2, 0.25) is 0 Å². The van der Waals surface area contributed by atoms with Gasteiger partial charge < -0.3 is 24.6 Å². The van der Waals surface area contributed by atoms with Crippen molar-refractivity contribution in [2.24, 2.45) is 16.3 Å². The molecule has 2 atom stereocenters. The SMILES string of the molecule is CCN=C(NC1CC(C)(OC)C1(C)C)N1CCC(C(=O)N2CCOCC2)CC1.I. The molecule has 3 fully saturated rings. The number of hydrogen-bond acceptors (Lipinski definition) is 4. The number of rotatable bonds is 4. The summed E-state index contributed by atoms with van der Waals surface area (Å²) in [6, 6.07) is 0.343. The number of guanidine groups is 1. The van der Waals surface area contributed by atoms with Gasteiger partial charge in [0.1, 0.15) is 0 Å². The average Bonchev–Trinajstić information content (AvgIpc) is 2.72. The number of methoxy groups -OCH3 is 1. The van der Waals surface area contributed by atoms with E-state index in [0.29, 0.717) is 25.2 Å². The van der Waals surface area contributed by atoms with E-state index in [1.807, 2.05) is 4.90 Å². The first-order valence-electron chi connectivity index (χ1n) is 10.8. The lowest BCUT2D eigenvalue weighted by molar-refractivity contribution is -0.177. The van der Waals surface area contributed by atoms with Gasteiger partial charge in [0.05, 0.1) is 18.8 Å². The van der Waals surface area contributed by atoms with Crippen molar-refractivity contribution < 1.29 is 14.3 Å². The summed E-state index contributed by atoms with van der Waals surface area (Å²) in [6.07, 6.45) is 2.76. The van der Waals surface area contributed by atoms with Crippen molar-refractivity contribution in [1.82, 2.24) is 15.1 Å². The maximum atomic E-state index is 12.8. The number of ether oxygens (including phenoxy) is 2. The molecule has 1 aliphatic carbocycles. The summed E-state index contributed by atoms with van der Waals surface area (Å²) in [4.78, 5) is 21.8. The number of morpholine rings is 1. The first-order valence-corrected chi connectivity index (χ1v) is 10.8. The number of halogens is 1. The van der Waals surface area contributed by atoms with Gasteiger partial charge in [-0.2, -0.15) is 0 Å². The Hall–Kier alpha value is -0.610. The fourth-order valence-corrected chi connectivity index (χ4v) is 4.65. The fraction of sp³-hybridized carbons (Fsp3) is 0.905. The van der Waals surface area contributed by atoms with Crippen molar-refractivity contribution in [2.75, 3.05) is 53.0 Å². The highest BCUT2D eigenvalue weighted by atomic mass is 127. The van der Waals surface area contributed by atoms with Crippen LogP contribution in [0, 0.1) is 11.3 Å². The first kappa shape index (κ1) is 24.7. The van der Waals surface area contributed by atoms with E-state index in [2.05, 4.69) is 37.9 Å². The Morgan fingerprint density at radius 2 is 1.76 bits per heavy atom. The van der Waals surface area contributed by atoms with Gasteiger partial charge in [-0.1, -0.05) is 13.8 Å². The fourth-order valence-electron chi connectivity index (χ4n) is 4.65. The van der Waals surface area contributed by atoms with Crippen molar-refractivity contribution in [3.63, 3.8) is 0 Å². The van der Waals surface area contributed by atoms with Gasteiger partial charge in [0.15, 0.2) is 5.96 Å². The van der Waals surface area contributed by atoms with Gasteiger partial charge in [-0.3, -0.25) is 9.79 Å². The van der Waals surface area contributed by atoms with Gasteiger partial charge in [-0.05, 0) is 33.1 Å². The molecule has 1 saturated carbocycles. The maximum absolute atomic E-state index is 12.8. The van der Waals surface area contributed by atoms with Crippen molar-refractivity contribution in [2.45, 2.75) is 58.6 Å². The number of amides is 1. The van der Waals surface area contributed by atoms with Crippen LogP contribution in [0.25, 0.3) is 0 Å². The van der Waals surface area contributed by atoms with E-state index in [0.717, 1.165) is 57.9 Å². The van der Waals surface area contributed by atoms with Crippen LogP contribution in [-0.2, 0) is 14.3 Å². The number of nitrogens with one attached hydrogen (secondary N) is 1. The van der Waals surface area contributed by atoms with E-state index in [1.165, 1.54) is 0 Å². The van der Waals surface area contributed by atoms with E-state index in [-0.39, 0.29) is 40.9 Å². The van der Waals surface area contributed by atoms with Crippen LogP contribution in [0.5, 0.6) is 0 Å². The van der Waals surface area contributed by atoms with Gasteiger partial charge in [-0.15, -0.1) is 24.0 Å². The zero-order chi connectivity index (χ0) is 20.4. The molecular formula is C21H39IN4O3. The standard InChI is InChI=1S/C21H38N4O3.HI/c1-6-22-19(23-17-15-21(4,27-5)20(17,2)3)25-9-7-16(8-10-25)18(26)24-11-13-28-14-12-24;/h16-17H,6-15H2,1-5H3,(H,22,23);1H. The molecule has 1 amide bonds. The summed E-state index contributed by atoms with van der Waals surface area (Å²) in [5, 5.41) is 3.70. The molecule has 7 nitrogen and oxygen atoms in total. The van der Waals surface area contributed by atoms with Gasteiger partial charge in [-0.25, -0.2) is 0 Å². The van der Waals surface area contributed by atoms with Crippen molar-refractivity contribution in [1.29, 1.82) is 0 Å². The predicted molar refractivity (Wildman–Crippen MR) is 126 cm³/mol. The molecule has 0 radical (unpaired) electrons. The predicted octanol–water partition coefficient (Wildman–Crippen LogP) is 2.34. The Kier molecular flexibility index (Phi) is 8.61. The van der Waals surface area contributed by atoms with E-state index >= 15 is 0 Å². The van der Waals surface area contributed by atoms with Crippen molar-refractivity contribution in [3.8, 4) is 0 Å². The van der Waals surface area contributed by atoms with Crippen LogP contribution < -0.4 is 5.32 Å². The van der Waals surface area contributed by atoms with Gasteiger partial charge in [0.25, 0.3) is 0 Å². The molecule has 168 valence electrons. The quantitative estimate of drug-likeness (QED) is 0.349. The van der Waals surface area contributed by atoms with E-state index in [4.69, 9.17) is 14.5 Å². The minimum Gasteiger partial charge on any atom is -0.378 e. The van der Waals surface area contributed by atoms with E-state index in [9.17, 15) is 4.79 Å². The second kappa shape index (κ2) is 10.1. The summed E-state index contributed by atoms with van der Waals surface area (Å²) in [7, 11) is 1.80. The summed E-state index contributed by atoms with van der Waals surface area (Å²) >= 11 is 0. The number of nitrogens with zero attached hydrogens (tertiary/aromatic N) is 3. The van der Waals surface area contributed by atoms with E-state index in [1.54, 1.807) is 7.11 Å². The van der Waals surface area contributed by atoms with Crippen molar-refractivity contribution >= 4 is 35.8 Å². The number of carbonyl (C=O) groups excluding carboxylic acids is 1. The highest BCUT2D eigenvalue weighted by Gasteiger charge is 2.58. The Balaban J connectivity index is 0.00000300. The lowest BCUT2D eigenvalue weighted by atomic mass is 9.56. The average molecular weight is 522 g/mol. The molecule has 1 N–H and O–H groups in total. The molecule has 2 saturated heterocycles. The summed E-state index contributed by atoms with van der Waals surface area (Å²) in [6.45, 7) is 14.1.